The third kappa shape index (κ3) is 11.2. The number of fused-ring (bicyclic) bond motifs is 2. The standard InChI is InChI=1S/C66H52O16/c1-3-36-73-51-38-48(39-52-54(51)55(67)58(72-2)56(76-52)45-34-35-49-50(37-45)82-66(81-49,46-30-18-8-19-31-46)47-32-20-9-21-33-47)75-65-60(80-64(71)44-28-16-7-17-29-44)59(79-63(70)43-26-14-6-15-27-43)57(78-62(69)42-24-12-5-13-25-42)53(77-65)40-74-61(68)41-22-10-4-11-23-41/h4-35,37-39,53,57,59-60,65H,3,36,40H2,1-2H3/t53?,57-,59?,60+,65-/m1/s1. The molecule has 9 aromatic rings. The summed E-state index contributed by atoms with van der Waals surface area (Å²) in [6.07, 6.45) is -7.84. The van der Waals surface area contributed by atoms with Crippen LogP contribution in [-0.4, -0.2) is 74.9 Å². The fraction of sp³-hybridized carbons (Fsp3) is 0.167. The number of carbonyl (C=O) groups is 4. The second-order valence-electron chi connectivity index (χ2n) is 19.0. The highest BCUT2D eigenvalue weighted by atomic mass is 16.7. The van der Waals surface area contributed by atoms with Gasteiger partial charge in [0.2, 0.25) is 23.6 Å². The zero-order chi connectivity index (χ0) is 56.6. The van der Waals surface area contributed by atoms with Crippen LogP contribution in [0.1, 0.15) is 65.9 Å². The first kappa shape index (κ1) is 53.8. The van der Waals surface area contributed by atoms with E-state index in [9.17, 15) is 24.0 Å². The van der Waals surface area contributed by atoms with Gasteiger partial charge in [-0.05, 0) is 73.2 Å². The van der Waals surface area contributed by atoms with Crippen LogP contribution >= 0.6 is 0 Å². The van der Waals surface area contributed by atoms with Gasteiger partial charge in [0.15, 0.2) is 29.5 Å². The summed E-state index contributed by atoms with van der Waals surface area (Å²) < 4.78 is 70.2. The Labute approximate surface area is 470 Å². The first-order chi connectivity index (χ1) is 40.1. The summed E-state index contributed by atoms with van der Waals surface area (Å²) in [5, 5.41) is -0.000750. The lowest BCUT2D eigenvalue weighted by Gasteiger charge is -2.44. The molecule has 1 saturated heterocycles. The quantitative estimate of drug-likeness (QED) is 0.0582. The average Bonchev–Trinajstić information content (AvgIpc) is 3.89. The molecule has 16 heteroatoms. The minimum absolute atomic E-state index is 0.000750. The van der Waals surface area contributed by atoms with E-state index in [-0.39, 0.29) is 62.8 Å². The van der Waals surface area contributed by atoms with Gasteiger partial charge in [-0.15, -0.1) is 0 Å². The molecule has 0 spiro atoms. The van der Waals surface area contributed by atoms with Crippen molar-refractivity contribution in [3.63, 3.8) is 0 Å². The zero-order valence-electron chi connectivity index (χ0n) is 44.2. The predicted molar refractivity (Wildman–Crippen MR) is 298 cm³/mol. The van der Waals surface area contributed by atoms with Crippen LogP contribution in [0.3, 0.4) is 0 Å². The van der Waals surface area contributed by atoms with Crippen LogP contribution in [0.25, 0.3) is 22.3 Å². The maximum absolute atomic E-state index is 14.8. The molecule has 3 heterocycles. The van der Waals surface area contributed by atoms with Crippen LogP contribution in [-0.2, 0) is 29.5 Å². The van der Waals surface area contributed by atoms with E-state index in [4.69, 9.17) is 51.8 Å². The molecule has 82 heavy (non-hydrogen) atoms. The van der Waals surface area contributed by atoms with Crippen LogP contribution < -0.4 is 29.1 Å². The molecule has 0 N–H and O–H groups in total. The third-order valence-corrected chi connectivity index (χ3v) is 13.6. The van der Waals surface area contributed by atoms with Gasteiger partial charge in [-0.3, -0.25) is 4.79 Å². The molecule has 412 valence electrons. The Hall–Kier alpha value is -10.2. The van der Waals surface area contributed by atoms with Crippen molar-refractivity contribution < 1.29 is 71.0 Å². The highest BCUT2D eigenvalue weighted by Gasteiger charge is 2.54. The zero-order valence-corrected chi connectivity index (χ0v) is 44.2. The van der Waals surface area contributed by atoms with Crippen LogP contribution in [0.2, 0.25) is 0 Å². The van der Waals surface area contributed by atoms with Crippen molar-refractivity contribution >= 4 is 34.8 Å². The van der Waals surface area contributed by atoms with Crippen LogP contribution in [0.15, 0.2) is 222 Å². The van der Waals surface area contributed by atoms with Crippen LogP contribution in [0.4, 0.5) is 0 Å². The molecule has 0 saturated carbocycles. The number of methoxy groups -OCH3 is 1. The van der Waals surface area contributed by atoms with Crippen molar-refractivity contribution in [1.82, 2.24) is 0 Å². The van der Waals surface area contributed by atoms with Crippen molar-refractivity contribution in [3.8, 4) is 40.1 Å². The first-order valence-electron chi connectivity index (χ1n) is 26.4. The summed E-state index contributed by atoms with van der Waals surface area (Å²) in [7, 11) is 1.35. The second kappa shape index (κ2) is 24.0. The molecule has 0 radical (unpaired) electrons. The number of benzene rings is 8. The van der Waals surface area contributed by atoms with Crippen LogP contribution in [0, 0.1) is 0 Å². The molecule has 5 atom stereocenters. The Morgan fingerprint density at radius 2 is 1.02 bits per heavy atom. The third-order valence-electron chi connectivity index (χ3n) is 13.6. The van der Waals surface area contributed by atoms with Gasteiger partial charge in [-0.2, -0.15) is 0 Å². The van der Waals surface area contributed by atoms with Gasteiger partial charge in [0.25, 0.3) is 0 Å². The molecule has 0 aliphatic carbocycles. The fourth-order valence-corrected chi connectivity index (χ4v) is 9.63. The van der Waals surface area contributed by atoms with Crippen molar-refractivity contribution in [3.05, 3.63) is 256 Å². The highest BCUT2D eigenvalue weighted by molar-refractivity contribution is 5.92. The van der Waals surface area contributed by atoms with E-state index in [1.165, 1.54) is 55.6 Å². The second-order valence-corrected chi connectivity index (χ2v) is 19.0. The lowest BCUT2D eigenvalue weighted by atomic mass is 9.97. The number of hydrogen-bond acceptors (Lipinski definition) is 16. The molecule has 0 bridgehead atoms. The van der Waals surface area contributed by atoms with E-state index in [0.717, 1.165) is 11.1 Å². The van der Waals surface area contributed by atoms with E-state index in [1.54, 1.807) is 103 Å². The molecule has 1 fully saturated rings. The molecule has 16 nitrogen and oxygen atoms in total. The molecule has 0 amide bonds. The molecule has 11 rings (SSSR count). The molecular formula is C66H52O16. The minimum Gasteiger partial charge on any atom is -0.493 e. The largest absolute Gasteiger partial charge is 0.493 e. The van der Waals surface area contributed by atoms with Gasteiger partial charge in [0.05, 0.1) is 36.0 Å². The summed E-state index contributed by atoms with van der Waals surface area (Å²) in [6.45, 7) is 1.43. The number of ether oxygens (including phenoxy) is 10. The van der Waals surface area contributed by atoms with E-state index in [1.807, 2.05) is 67.6 Å². The summed E-state index contributed by atoms with van der Waals surface area (Å²) in [6, 6.07) is 59.2. The van der Waals surface area contributed by atoms with Gasteiger partial charge in [0.1, 0.15) is 35.2 Å². The minimum atomic E-state index is -1.77. The van der Waals surface area contributed by atoms with E-state index in [0.29, 0.717) is 23.5 Å². The first-order valence-corrected chi connectivity index (χ1v) is 26.4. The van der Waals surface area contributed by atoms with Crippen molar-refractivity contribution in [1.29, 1.82) is 0 Å². The average molecular weight is 1100 g/mol. The molecule has 2 unspecified atom stereocenters. The Morgan fingerprint density at radius 3 is 1.55 bits per heavy atom. The fourth-order valence-electron chi connectivity index (χ4n) is 9.63. The van der Waals surface area contributed by atoms with Gasteiger partial charge in [0, 0.05) is 28.8 Å². The number of esters is 4. The summed E-state index contributed by atoms with van der Waals surface area (Å²) >= 11 is 0. The Bertz CT molecular complexity index is 3740. The molecule has 2 aliphatic rings. The van der Waals surface area contributed by atoms with Gasteiger partial charge < -0.3 is 51.8 Å². The summed E-state index contributed by atoms with van der Waals surface area (Å²) in [5.41, 5.74) is 1.76. The van der Waals surface area contributed by atoms with Crippen molar-refractivity contribution in [2.75, 3.05) is 20.3 Å². The Morgan fingerprint density at radius 1 is 0.537 bits per heavy atom. The lowest BCUT2D eigenvalue weighted by molar-refractivity contribution is -0.275. The van der Waals surface area contributed by atoms with Gasteiger partial charge in [-0.1, -0.05) is 140 Å². The highest BCUT2D eigenvalue weighted by Crippen LogP contribution is 2.50. The van der Waals surface area contributed by atoms with E-state index >= 15 is 0 Å². The number of rotatable bonds is 18. The molecule has 2 aliphatic heterocycles. The monoisotopic (exact) mass is 1100 g/mol. The Kier molecular flexibility index (Phi) is 15.8. The predicted octanol–water partition coefficient (Wildman–Crippen LogP) is 11.6. The number of hydrogen-bond donors (Lipinski definition) is 0. The molecule has 8 aromatic carbocycles. The summed E-state index contributed by atoms with van der Waals surface area (Å²) in [5.74, 6) is -4.15. The van der Waals surface area contributed by atoms with E-state index < -0.39 is 72.4 Å². The maximum atomic E-state index is 14.8. The normalized spacial score (nSPS) is 17.7. The lowest BCUT2D eigenvalue weighted by Crippen LogP contribution is -2.63. The topological polar surface area (TPSA) is 191 Å². The van der Waals surface area contributed by atoms with Gasteiger partial charge >= 0.3 is 29.7 Å². The SMILES string of the molecule is CCCOc1cc(O[C@@H]2OC(COC(=O)c3ccccc3)[C@@H](OC(=O)c3ccccc3)C(OC(=O)c3ccccc3)[C@@H]2OC(=O)c2ccccc2)cc2oc(-c3ccc4c(c3)OC(c3ccccc3)(c3ccccc3)O4)c(OC)c(=O)c12. The summed E-state index contributed by atoms with van der Waals surface area (Å²) in [4.78, 5) is 71.3. The molecule has 1 aromatic heterocycles. The smallest absolute Gasteiger partial charge is 0.338 e. The molecular weight excluding hydrogens is 1050 g/mol. The maximum Gasteiger partial charge on any atom is 0.338 e. The Balaban J connectivity index is 1.02. The van der Waals surface area contributed by atoms with Crippen molar-refractivity contribution in [2.45, 2.75) is 49.8 Å². The van der Waals surface area contributed by atoms with E-state index in [2.05, 4.69) is 0 Å². The van der Waals surface area contributed by atoms with Gasteiger partial charge in [-0.25, -0.2) is 19.2 Å². The van der Waals surface area contributed by atoms with Crippen molar-refractivity contribution in [2.24, 2.45) is 0 Å². The van der Waals surface area contributed by atoms with Crippen LogP contribution in [0.5, 0.6) is 28.7 Å². The number of carbonyl (C=O) groups excluding carboxylic acids is 4.